The van der Waals surface area contributed by atoms with Crippen molar-refractivity contribution >= 4 is 28.2 Å². The van der Waals surface area contributed by atoms with Crippen LogP contribution in [0.25, 0.3) is 0 Å². The minimum Gasteiger partial charge on any atom is -0.447 e. The monoisotopic (exact) mass is 354 g/mol. The Kier molecular flexibility index (Phi) is 5.15. The predicted octanol–water partition coefficient (Wildman–Crippen LogP) is 3.74. The molecule has 1 aliphatic rings. The minimum absolute atomic E-state index is 0.448. The van der Waals surface area contributed by atoms with Crippen molar-refractivity contribution in [2.45, 2.75) is 38.7 Å². The molecule has 5 nitrogen and oxygen atoms in total. The van der Waals surface area contributed by atoms with Gasteiger partial charge < -0.3 is 10.1 Å². The predicted molar refractivity (Wildman–Crippen MR) is 95.3 cm³/mol. The number of carbonyl (C=O) groups excluding carboxylic acids is 2. The Balaban J connectivity index is 1.88. The van der Waals surface area contributed by atoms with E-state index in [9.17, 15) is 14.9 Å². The van der Waals surface area contributed by atoms with Gasteiger partial charge in [-0.15, -0.1) is 11.3 Å². The van der Waals surface area contributed by atoms with Gasteiger partial charge in [0.25, 0.3) is 5.91 Å². The third-order valence-corrected chi connectivity index (χ3v) is 5.35. The highest BCUT2D eigenvalue weighted by Crippen LogP contribution is 2.38. The summed E-state index contributed by atoms with van der Waals surface area (Å²) in [5, 5.41) is 12.8. The second-order valence-electron chi connectivity index (χ2n) is 5.92. The van der Waals surface area contributed by atoms with Crippen LogP contribution in [-0.4, -0.2) is 11.9 Å². The molecule has 0 unspecified atom stereocenters. The van der Waals surface area contributed by atoms with Crippen LogP contribution < -0.4 is 5.32 Å². The van der Waals surface area contributed by atoms with Crippen LogP contribution in [0.3, 0.4) is 0 Å². The number of nitrogens with zero attached hydrogens (tertiary/aromatic N) is 1. The summed E-state index contributed by atoms with van der Waals surface area (Å²) >= 11 is 1.45. The standard InChI is InChI=1S/C19H18N2O3S/c1-12(22)24-17(13-7-3-2-4-8-13)18(23)21-19-15(11-20)14-9-5-6-10-16(14)25-19/h2-4,7-8,17H,5-6,9-10H2,1H3,(H,21,23)/t17-/m0/s1. The third-order valence-electron chi connectivity index (χ3n) is 4.14. The van der Waals surface area contributed by atoms with Gasteiger partial charge in [-0.2, -0.15) is 5.26 Å². The number of esters is 1. The first-order valence-corrected chi connectivity index (χ1v) is 8.99. The van der Waals surface area contributed by atoms with Crippen LogP contribution in [0.5, 0.6) is 0 Å². The number of amides is 1. The highest BCUT2D eigenvalue weighted by Gasteiger charge is 2.27. The maximum absolute atomic E-state index is 12.7. The Hall–Kier alpha value is -2.65. The molecule has 6 heteroatoms. The molecule has 1 aromatic heterocycles. The topological polar surface area (TPSA) is 79.2 Å². The number of hydrogen-bond donors (Lipinski definition) is 1. The van der Waals surface area contributed by atoms with Gasteiger partial charge in [0.15, 0.2) is 0 Å². The first kappa shape index (κ1) is 17.2. The van der Waals surface area contributed by atoms with Crippen molar-refractivity contribution in [3.63, 3.8) is 0 Å². The van der Waals surface area contributed by atoms with Crippen molar-refractivity contribution < 1.29 is 14.3 Å². The minimum atomic E-state index is -1.04. The van der Waals surface area contributed by atoms with Crippen LogP contribution in [0.15, 0.2) is 30.3 Å². The van der Waals surface area contributed by atoms with E-state index in [-0.39, 0.29) is 0 Å². The molecule has 0 aliphatic heterocycles. The average molecular weight is 354 g/mol. The molecule has 2 aromatic rings. The lowest BCUT2D eigenvalue weighted by molar-refractivity contribution is -0.152. The van der Waals surface area contributed by atoms with Crippen molar-refractivity contribution in [3.05, 3.63) is 51.9 Å². The number of hydrogen-bond acceptors (Lipinski definition) is 5. The Bertz CT molecular complexity index is 836. The molecule has 128 valence electrons. The molecule has 1 N–H and O–H groups in total. The molecule has 0 fully saturated rings. The molecular formula is C19H18N2O3S. The number of ether oxygens (including phenoxy) is 1. The number of aryl methyl sites for hydroxylation is 1. The molecule has 1 heterocycles. The zero-order valence-corrected chi connectivity index (χ0v) is 14.7. The van der Waals surface area contributed by atoms with Crippen LogP contribution in [0, 0.1) is 11.3 Å². The molecule has 1 atom stereocenters. The van der Waals surface area contributed by atoms with E-state index in [1.807, 2.05) is 6.07 Å². The van der Waals surface area contributed by atoms with Crippen molar-refractivity contribution in [1.29, 1.82) is 5.26 Å². The summed E-state index contributed by atoms with van der Waals surface area (Å²) in [6, 6.07) is 11.1. The number of thiophene rings is 1. The lowest BCUT2D eigenvalue weighted by Crippen LogP contribution is -2.25. The van der Waals surface area contributed by atoms with Crippen LogP contribution in [0.2, 0.25) is 0 Å². The molecule has 0 spiro atoms. The van der Waals surface area contributed by atoms with Gasteiger partial charge in [0, 0.05) is 17.4 Å². The van der Waals surface area contributed by atoms with E-state index in [4.69, 9.17) is 4.74 Å². The lowest BCUT2D eigenvalue weighted by Gasteiger charge is -2.16. The number of rotatable bonds is 4. The molecule has 1 aromatic carbocycles. The maximum Gasteiger partial charge on any atom is 0.303 e. The van der Waals surface area contributed by atoms with E-state index >= 15 is 0 Å². The Morgan fingerprint density at radius 1 is 1.24 bits per heavy atom. The second kappa shape index (κ2) is 7.49. The van der Waals surface area contributed by atoms with Gasteiger partial charge in [0.05, 0.1) is 5.56 Å². The van der Waals surface area contributed by atoms with E-state index in [0.717, 1.165) is 31.2 Å². The number of nitrogens with one attached hydrogen (secondary N) is 1. The summed E-state index contributed by atoms with van der Waals surface area (Å²) < 4.78 is 5.22. The molecule has 0 saturated carbocycles. The van der Waals surface area contributed by atoms with E-state index in [1.54, 1.807) is 24.3 Å². The third kappa shape index (κ3) is 3.72. The average Bonchev–Trinajstić information content (AvgIpc) is 2.97. The Morgan fingerprint density at radius 2 is 1.96 bits per heavy atom. The first-order chi connectivity index (χ1) is 12.1. The quantitative estimate of drug-likeness (QED) is 0.848. The highest BCUT2D eigenvalue weighted by atomic mass is 32.1. The molecule has 0 radical (unpaired) electrons. The second-order valence-corrected chi connectivity index (χ2v) is 7.02. The van der Waals surface area contributed by atoms with Crippen molar-refractivity contribution in [1.82, 2.24) is 0 Å². The smallest absolute Gasteiger partial charge is 0.303 e. The van der Waals surface area contributed by atoms with Crippen LogP contribution >= 0.6 is 11.3 Å². The summed E-state index contributed by atoms with van der Waals surface area (Å²) in [5.41, 5.74) is 2.19. The first-order valence-electron chi connectivity index (χ1n) is 8.18. The molecule has 1 aliphatic carbocycles. The fourth-order valence-electron chi connectivity index (χ4n) is 3.02. The van der Waals surface area contributed by atoms with Crippen molar-refractivity contribution in [2.75, 3.05) is 5.32 Å². The number of benzene rings is 1. The van der Waals surface area contributed by atoms with E-state index < -0.39 is 18.0 Å². The highest BCUT2D eigenvalue weighted by molar-refractivity contribution is 7.16. The van der Waals surface area contributed by atoms with Gasteiger partial charge >= 0.3 is 5.97 Å². The Morgan fingerprint density at radius 3 is 2.64 bits per heavy atom. The molecule has 3 rings (SSSR count). The zero-order chi connectivity index (χ0) is 17.8. The summed E-state index contributed by atoms with van der Waals surface area (Å²) in [6.45, 7) is 1.27. The summed E-state index contributed by atoms with van der Waals surface area (Å²) in [6.07, 6.45) is 2.94. The number of anilines is 1. The van der Waals surface area contributed by atoms with Crippen LogP contribution in [0.4, 0.5) is 5.00 Å². The van der Waals surface area contributed by atoms with Crippen molar-refractivity contribution in [2.24, 2.45) is 0 Å². The van der Waals surface area contributed by atoms with Crippen LogP contribution in [-0.2, 0) is 27.2 Å². The summed E-state index contributed by atoms with van der Waals surface area (Å²) in [4.78, 5) is 25.3. The zero-order valence-electron chi connectivity index (χ0n) is 13.9. The van der Waals surface area contributed by atoms with E-state index in [1.165, 1.54) is 23.1 Å². The fourth-order valence-corrected chi connectivity index (χ4v) is 4.26. The molecule has 1 amide bonds. The maximum atomic E-state index is 12.7. The number of nitriles is 1. The summed E-state index contributed by atoms with van der Waals surface area (Å²) in [5.74, 6) is -0.980. The largest absolute Gasteiger partial charge is 0.447 e. The van der Waals surface area contributed by atoms with Gasteiger partial charge in [-0.25, -0.2) is 0 Å². The molecule has 25 heavy (non-hydrogen) atoms. The van der Waals surface area contributed by atoms with Crippen molar-refractivity contribution in [3.8, 4) is 6.07 Å². The lowest BCUT2D eigenvalue weighted by atomic mass is 9.96. The summed E-state index contributed by atoms with van der Waals surface area (Å²) in [7, 11) is 0. The normalized spacial score (nSPS) is 14.1. The molecule has 0 bridgehead atoms. The van der Waals surface area contributed by atoms with Gasteiger partial charge in [0.1, 0.15) is 11.1 Å². The van der Waals surface area contributed by atoms with Gasteiger partial charge in [-0.3, -0.25) is 9.59 Å². The Labute approximate surface area is 150 Å². The van der Waals surface area contributed by atoms with E-state index in [2.05, 4.69) is 11.4 Å². The molecule has 0 saturated heterocycles. The van der Waals surface area contributed by atoms with E-state index in [0.29, 0.717) is 16.1 Å². The SMILES string of the molecule is CC(=O)O[C@H](C(=O)Nc1sc2c(c1C#N)CCCC2)c1ccccc1. The number of carbonyl (C=O) groups is 2. The van der Waals surface area contributed by atoms with Gasteiger partial charge in [0.2, 0.25) is 6.10 Å². The number of fused-ring (bicyclic) bond motifs is 1. The molecular weight excluding hydrogens is 336 g/mol. The fraction of sp³-hybridized carbons (Fsp3) is 0.316. The van der Waals surface area contributed by atoms with Crippen LogP contribution in [0.1, 0.15) is 47.4 Å². The van der Waals surface area contributed by atoms with Gasteiger partial charge in [-0.05, 0) is 31.2 Å². The van der Waals surface area contributed by atoms with Gasteiger partial charge in [-0.1, -0.05) is 30.3 Å².